The lowest BCUT2D eigenvalue weighted by atomic mass is 10.0. The third-order valence-electron chi connectivity index (χ3n) is 6.41. The van der Waals surface area contributed by atoms with Gasteiger partial charge in [0.05, 0.1) is 18.9 Å². The number of carbonyl (C=O) groups excluding carboxylic acids is 1. The number of ether oxygens (including phenoxy) is 1. The first-order valence-electron chi connectivity index (χ1n) is 12.9. The number of nitrogens with zero attached hydrogens (tertiary/aromatic N) is 3. The lowest BCUT2D eigenvalue weighted by molar-refractivity contribution is 0.0374. The number of carbonyl (C=O) groups is 1. The van der Waals surface area contributed by atoms with E-state index in [1.165, 1.54) is 6.33 Å². The fourth-order valence-electron chi connectivity index (χ4n) is 4.22. The molecule has 6 N–H and O–H groups in total. The number of halogens is 2. The minimum Gasteiger partial charge on any atom is -0.393 e. The number of amides is 1. The minimum absolute atomic E-state index is 0.0729. The van der Waals surface area contributed by atoms with E-state index in [9.17, 15) is 4.79 Å². The molecule has 0 bridgehead atoms. The molecule has 12 heteroatoms. The number of rotatable bonds is 12. The number of nitrogens with one attached hydrogen (secondary N) is 4. The number of hydrogen-bond acceptors (Lipinski definition) is 9. The van der Waals surface area contributed by atoms with E-state index < -0.39 is 5.82 Å². The van der Waals surface area contributed by atoms with Crippen molar-refractivity contribution in [2.75, 3.05) is 75.9 Å². The maximum atomic E-state index is 15.9. The summed E-state index contributed by atoms with van der Waals surface area (Å²) in [5, 5.41) is 12.3. The number of morpholine rings is 1. The zero-order chi connectivity index (χ0) is 27.6. The van der Waals surface area contributed by atoms with Gasteiger partial charge >= 0.3 is 0 Å². The first-order chi connectivity index (χ1) is 19.0. The standard InChI is InChI=1S/C27H34ClFN8O2/c1-31-10-11-32-21-8-7-20(22(29)24(21)36-26-23(30)25(28)34-17-35-26)18-3-5-19(6-4-18)27(38)33-9-2-12-37-13-15-39-16-14-37/h3-8,17,31-32H,2,9-16,30H2,1H3,(H,33,38)(H,34,35,36). The molecular weight excluding hydrogens is 523 g/mol. The average Bonchev–Trinajstić information content (AvgIpc) is 2.96. The summed E-state index contributed by atoms with van der Waals surface area (Å²) in [4.78, 5) is 22.9. The molecule has 1 amide bonds. The van der Waals surface area contributed by atoms with Gasteiger partial charge in [-0.2, -0.15) is 0 Å². The van der Waals surface area contributed by atoms with Crippen molar-refractivity contribution in [2.45, 2.75) is 6.42 Å². The molecule has 0 saturated carbocycles. The van der Waals surface area contributed by atoms with Gasteiger partial charge in [-0.25, -0.2) is 14.4 Å². The van der Waals surface area contributed by atoms with Gasteiger partial charge in [0.25, 0.3) is 5.91 Å². The third-order valence-corrected chi connectivity index (χ3v) is 6.71. The Labute approximate surface area is 232 Å². The first-order valence-corrected chi connectivity index (χ1v) is 13.3. The summed E-state index contributed by atoms with van der Waals surface area (Å²) in [6.07, 6.45) is 2.12. The van der Waals surface area contributed by atoms with Crippen LogP contribution in [0.4, 0.5) is 27.3 Å². The van der Waals surface area contributed by atoms with Gasteiger partial charge in [-0.15, -0.1) is 0 Å². The molecule has 1 saturated heterocycles. The number of nitrogen functional groups attached to an aromatic ring is 1. The molecule has 1 fully saturated rings. The molecule has 0 spiro atoms. The van der Waals surface area contributed by atoms with Crippen LogP contribution in [0, 0.1) is 5.82 Å². The van der Waals surface area contributed by atoms with Crippen LogP contribution in [0.15, 0.2) is 42.7 Å². The summed E-state index contributed by atoms with van der Waals surface area (Å²) < 4.78 is 21.3. The fourth-order valence-corrected chi connectivity index (χ4v) is 4.35. The van der Waals surface area contributed by atoms with Crippen LogP contribution >= 0.6 is 11.6 Å². The van der Waals surface area contributed by atoms with Crippen molar-refractivity contribution in [3.05, 3.63) is 59.3 Å². The van der Waals surface area contributed by atoms with Crippen LogP contribution in [0.1, 0.15) is 16.8 Å². The molecule has 1 aromatic heterocycles. The Morgan fingerprint density at radius 3 is 2.62 bits per heavy atom. The van der Waals surface area contributed by atoms with Gasteiger partial charge in [-0.3, -0.25) is 9.69 Å². The number of likely N-dealkylation sites (N-methyl/N-ethyl adjacent to an activating group) is 1. The Morgan fingerprint density at radius 1 is 1.10 bits per heavy atom. The molecule has 39 heavy (non-hydrogen) atoms. The van der Waals surface area contributed by atoms with Crippen LogP contribution in [-0.2, 0) is 4.74 Å². The molecule has 1 aliphatic rings. The van der Waals surface area contributed by atoms with E-state index in [2.05, 4.69) is 36.1 Å². The van der Waals surface area contributed by atoms with E-state index in [-0.39, 0.29) is 28.3 Å². The van der Waals surface area contributed by atoms with Crippen molar-refractivity contribution in [3.8, 4) is 11.1 Å². The average molecular weight is 557 g/mol. The zero-order valence-electron chi connectivity index (χ0n) is 21.9. The van der Waals surface area contributed by atoms with Crippen molar-refractivity contribution in [1.82, 2.24) is 25.5 Å². The molecule has 3 aromatic rings. The predicted molar refractivity (Wildman–Crippen MR) is 153 cm³/mol. The molecule has 1 aliphatic heterocycles. The summed E-state index contributed by atoms with van der Waals surface area (Å²) in [5.41, 5.74) is 8.32. The van der Waals surface area contributed by atoms with E-state index >= 15 is 4.39 Å². The zero-order valence-corrected chi connectivity index (χ0v) is 22.7. The summed E-state index contributed by atoms with van der Waals surface area (Å²) in [5.74, 6) is -0.464. The van der Waals surface area contributed by atoms with Gasteiger partial charge in [0.2, 0.25) is 0 Å². The monoisotopic (exact) mass is 556 g/mol. The van der Waals surface area contributed by atoms with E-state index in [0.717, 1.165) is 39.3 Å². The molecule has 0 unspecified atom stereocenters. The van der Waals surface area contributed by atoms with E-state index in [0.29, 0.717) is 42.0 Å². The summed E-state index contributed by atoms with van der Waals surface area (Å²) >= 11 is 6.03. The highest BCUT2D eigenvalue weighted by Crippen LogP contribution is 2.37. The highest BCUT2D eigenvalue weighted by Gasteiger charge is 2.18. The number of aromatic nitrogens is 2. The Kier molecular flexibility index (Phi) is 10.3. The van der Waals surface area contributed by atoms with Gasteiger partial charge in [-0.1, -0.05) is 23.7 Å². The second-order valence-corrected chi connectivity index (χ2v) is 9.43. The van der Waals surface area contributed by atoms with Crippen LogP contribution in [0.5, 0.6) is 0 Å². The summed E-state index contributed by atoms with van der Waals surface area (Å²) in [7, 11) is 1.84. The smallest absolute Gasteiger partial charge is 0.251 e. The van der Waals surface area contributed by atoms with Gasteiger partial charge in [0, 0.05) is 43.9 Å². The second-order valence-electron chi connectivity index (χ2n) is 9.07. The van der Waals surface area contributed by atoms with E-state index in [4.69, 9.17) is 22.1 Å². The largest absolute Gasteiger partial charge is 0.393 e. The Bertz CT molecular complexity index is 1260. The van der Waals surface area contributed by atoms with Crippen molar-refractivity contribution < 1.29 is 13.9 Å². The Morgan fingerprint density at radius 2 is 1.87 bits per heavy atom. The van der Waals surface area contributed by atoms with E-state index in [1.54, 1.807) is 36.4 Å². The number of hydrogen-bond donors (Lipinski definition) is 5. The Balaban J connectivity index is 1.47. The number of benzene rings is 2. The molecule has 4 rings (SSSR count). The minimum atomic E-state index is -0.501. The maximum absolute atomic E-state index is 15.9. The molecule has 2 aromatic carbocycles. The SMILES string of the molecule is CNCCNc1ccc(-c2ccc(C(=O)NCCCN3CCOCC3)cc2)c(F)c1Nc1ncnc(Cl)c1N. The van der Waals surface area contributed by atoms with Gasteiger partial charge in [0.15, 0.2) is 16.8 Å². The van der Waals surface area contributed by atoms with Gasteiger partial charge < -0.3 is 31.7 Å². The molecular formula is C27H34ClFN8O2. The second kappa shape index (κ2) is 14.0. The molecule has 10 nitrogen and oxygen atoms in total. The quantitative estimate of drug-likeness (QED) is 0.168. The lowest BCUT2D eigenvalue weighted by Crippen LogP contribution is -2.38. The highest BCUT2D eigenvalue weighted by molar-refractivity contribution is 6.32. The lowest BCUT2D eigenvalue weighted by Gasteiger charge is -2.26. The van der Waals surface area contributed by atoms with Gasteiger partial charge in [0.1, 0.15) is 17.7 Å². The molecule has 2 heterocycles. The third kappa shape index (κ3) is 7.54. The predicted octanol–water partition coefficient (Wildman–Crippen LogP) is 3.35. The highest BCUT2D eigenvalue weighted by atomic mass is 35.5. The molecule has 0 aliphatic carbocycles. The van der Waals surface area contributed by atoms with Crippen LogP contribution < -0.4 is 27.0 Å². The molecule has 208 valence electrons. The van der Waals surface area contributed by atoms with Crippen LogP contribution in [-0.4, -0.2) is 80.3 Å². The molecule has 0 atom stereocenters. The number of anilines is 4. The topological polar surface area (TPSA) is 129 Å². The van der Waals surface area contributed by atoms with Gasteiger partial charge in [-0.05, 0) is 49.8 Å². The van der Waals surface area contributed by atoms with Crippen LogP contribution in [0.2, 0.25) is 5.15 Å². The van der Waals surface area contributed by atoms with Crippen molar-refractivity contribution in [1.29, 1.82) is 0 Å². The summed E-state index contributed by atoms with van der Waals surface area (Å²) in [6, 6.07) is 10.3. The normalized spacial score (nSPS) is 13.7. The summed E-state index contributed by atoms with van der Waals surface area (Å²) in [6.45, 7) is 6.13. The Hall–Kier alpha value is -3.51. The van der Waals surface area contributed by atoms with Crippen molar-refractivity contribution in [2.24, 2.45) is 0 Å². The van der Waals surface area contributed by atoms with Crippen molar-refractivity contribution in [3.63, 3.8) is 0 Å². The van der Waals surface area contributed by atoms with Crippen molar-refractivity contribution >= 4 is 40.4 Å². The maximum Gasteiger partial charge on any atom is 0.251 e. The van der Waals surface area contributed by atoms with Crippen LogP contribution in [0.25, 0.3) is 11.1 Å². The fraction of sp³-hybridized carbons (Fsp3) is 0.370. The van der Waals surface area contributed by atoms with Crippen LogP contribution in [0.3, 0.4) is 0 Å². The number of nitrogens with two attached hydrogens (primary N) is 1. The molecule has 0 radical (unpaired) electrons. The van der Waals surface area contributed by atoms with E-state index in [1.807, 2.05) is 7.05 Å². The first kappa shape index (κ1) is 28.5.